The Labute approximate surface area is 421 Å². The third-order valence-electron chi connectivity index (χ3n) is 14.7. The van der Waals surface area contributed by atoms with Gasteiger partial charge < -0.3 is 56.5 Å². The van der Waals surface area contributed by atoms with Crippen LogP contribution in [-0.2, 0) is 76.4 Å². The summed E-state index contributed by atoms with van der Waals surface area (Å²) in [6.07, 6.45) is -4.99. The van der Waals surface area contributed by atoms with Gasteiger partial charge in [0.15, 0.2) is 12.6 Å². The van der Waals surface area contributed by atoms with Gasteiger partial charge in [-0.25, -0.2) is 0 Å². The topological polar surface area (TPSA) is 111 Å². The first kappa shape index (κ1) is 51.7. The Balaban J connectivity index is 1.09. The van der Waals surface area contributed by atoms with Crippen molar-refractivity contribution in [3.05, 3.63) is 168 Å². The third kappa shape index (κ3) is 10.8. The minimum absolute atomic E-state index is 0.153. The normalized spacial score (nSPS) is 31.1. The quantitative estimate of drug-likeness (QED) is 0.0738. The van der Waals surface area contributed by atoms with Crippen LogP contribution in [0.25, 0.3) is 0 Å². The molecule has 0 N–H and O–H groups in total. The van der Waals surface area contributed by atoms with E-state index in [1.54, 1.807) is 21.3 Å². The van der Waals surface area contributed by atoms with Gasteiger partial charge in [0.2, 0.25) is 11.6 Å². The molecule has 0 bridgehead atoms. The van der Waals surface area contributed by atoms with E-state index in [9.17, 15) is 0 Å². The summed E-state index contributed by atoms with van der Waals surface area (Å²) in [4.78, 5) is 0. The average Bonchev–Trinajstić information content (AvgIpc) is 3.40. The zero-order valence-corrected chi connectivity index (χ0v) is 43.3. The standard InChI is InChI=1S/C58H72O12Si/c1-41-48(62-37-42-25-13-8-14-26-42)50(63-38-43-27-15-9-16-28-43)52(64-39-44-29-17-10-18-30-44)55(66-41)68-53-51-49(69-57(60-6)35-23-24-36-58(57,61-7)70-51)47(67-54(53)59-5)40-65-71(56(2,3)4,45-31-19-11-20-32-45)46-33-21-12-22-34-46/h8-22,25-34,41,47-55H,23-24,35-40H2,1-7H3/t41-,47+,48-,49+,50+,51-,52+,53-,54-,55-,57-,58-/m0/s1. The van der Waals surface area contributed by atoms with Crippen molar-refractivity contribution in [3.63, 3.8) is 0 Å². The Morgan fingerprint density at radius 2 is 0.958 bits per heavy atom. The molecule has 12 atom stereocenters. The maximum absolute atomic E-state index is 7.57. The third-order valence-corrected chi connectivity index (χ3v) is 19.7. The van der Waals surface area contributed by atoms with Crippen LogP contribution in [0.1, 0.15) is 70.1 Å². The molecule has 3 saturated heterocycles. The monoisotopic (exact) mass is 988 g/mol. The zero-order chi connectivity index (χ0) is 49.5. The molecular formula is C58H72O12Si. The van der Waals surface area contributed by atoms with Crippen LogP contribution in [0.15, 0.2) is 152 Å². The number of ether oxygens (including phenoxy) is 11. The molecule has 0 aromatic heterocycles. The van der Waals surface area contributed by atoms with Crippen molar-refractivity contribution in [2.75, 3.05) is 27.9 Å². The summed E-state index contributed by atoms with van der Waals surface area (Å²) < 4.78 is 83.5. The summed E-state index contributed by atoms with van der Waals surface area (Å²) >= 11 is 0. The first-order valence-electron chi connectivity index (χ1n) is 25.2. The highest BCUT2D eigenvalue weighted by molar-refractivity contribution is 6.99. The molecule has 5 aromatic carbocycles. The molecule has 71 heavy (non-hydrogen) atoms. The lowest BCUT2D eigenvalue weighted by Crippen LogP contribution is -2.76. The lowest BCUT2D eigenvalue weighted by molar-refractivity contribution is -0.501. The van der Waals surface area contributed by atoms with E-state index in [-0.39, 0.29) is 18.3 Å². The Bertz CT molecular complexity index is 2340. The van der Waals surface area contributed by atoms with Crippen LogP contribution in [0.2, 0.25) is 5.04 Å². The van der Waals surface area contributed by atoms with Crippen LogP contribution in [-0.4, -0.2) is 109 Å². The molecule has 4 fully saturated rings. The molecule has 0 unspecified atom stereocenters. The predicted octanol–water partition coefficient (Wildman–Crippen LogP) is 8.86. The molecule has 0 radical (unpaired) electrons. The molecule has 0 spiro atoms. The summed E-state index contributed by atoms with van der Waals surface area (Å²) in [5, 5.41) is 2.00. The van der Waals surface area contributed by atoms with E-state index in [1.807, 2.05) is 110 Å². The second-order valence-corrected chi connectivity index (χ2v) is 24.4. The minimum atomic E-state index is -3.05. The molecule has 5 aromatic rings. The first-order valence-corrected chi connectivity index (χ1v) is 27.1. The molecule has 3 aliphatic heterocycles. The largest absolute Gasteiger partial charge is 0.405 e. The van der Waals surface area contributed by atoms with Gasteiger partial charge in [0.25, 0.3) is 8.32 Å². The van der Waals surface area contributed by atoms with Gasteiger partial charge in [0, 0.05) is 34.2 Å². The smallest absolute Gasteiger partial charge is 0.261 e. The highest BCUT2D eigenvalue weighted by atomic mass is 28.4. The summed E-state index contributed by atoms with van der Waals surface area (Å²) in [6, 6.07) is 51.4. The van der Waals surface area contributed by atoms with Crippen molar-refractivity contribution in [2.24, 2.45) is 0 Å². The summed E-state index contributed by atoms with van der Waals surface area (Å²) in [6.45, 7) is 9.82. The Morgan fingerprint density at radius 1 is 0.521 bits per heavy atom. The average molecular weight is 989 g/mol. The molecule has 1 aliphatic carbocycles. The fraction of sp³-hybridized carbons (Fsp3) is 0.483. The molecule has 13 heteroatoms. The molecule has 0 amide bonds. The van der Waals surface area contributed by atoms with E-state index in [0.29, 0.717) is 26.1 Å². The molecule has 9 rings (SSSR count). The van der Waals surface area contributed by atoms with Crippen molar-refractivity contribution in [1.82, 2.24) is 0 Å². The van der Waals surface area contributed by atoms with Crippen LogP contribution in [0.4, 0.5) is 0 Å². The van der Waals surface area contributed by atoms with E-state index < -0.39 is 81.3 Å². The number of hydrogen-bond donors (Lipinski definition) is 0. The highest BCUT2D eigenvalue weighted by Gasteiger charge is 2.68. The van der Waals surface area contributed by atoms with E-state index in [2.05, 4.69) is 69.3 Å². The molecule has 1 saturated carbocycles. The molecule has 12 nitrogen and oxygen atoms in total. The fourth-order valence-corrected chi connectivity index (χ4v) is 15.7. The van der Waals surface area contributed by atoms with Gasteiger partial charge >= 0.3 is 0 Å². The fourth-order valence-electron chi connectivity index (χ4n) is 11.2. The summed E-state index contributed by atoms with van der Waals surface area (Å²) in [5.41, 5.74) is 3.01. The minimum Gasteiger partial charge on any atom is -0.405 e. The molecule has 380 valence electrons. The van der Waals surface area contributed by atoms with Gasteiger partial charge in [-0.2, -0.15) is 0 Å². The second-order valence-electron chi connectivity index (χ2n) is 20.1. The van der Waals surface area contributed by atoms with Crippen LogP contribution >= 0.6 is 0 Å². The zero-order valence-electron chi connectivity index (χ0n) is 42.3. The maximum atomic E-state index is 7.57. The van der Waals surface area contributed by atoms with E-state index in [0.717, 1.165) is 39.9 Å². The molecule has 4 aliphatic rings. The van der Waals surface area contributed by atoms with Crippen LogP contribution in [0.5, 0.6) is 0 Å². The Kier molecular flexibility index (Phi) is 16.7. The maximum Gasteiger partial charge on any atom is 0.261 e. The number of fused-ring (bicyclic) bond motifs is 2. The number of benzene rings is 5. The van der Waals surface area contributed by atoms with E-state index in [1.165, 1.54) is 0 Å². The molecule has 3 heterocycles. The van der Waals surface area contributed by atoms with Crippen LogP contribution in [0, 0.1) is 0 Å². The van der Waals surface area contributed by atoms with Gasteiger partial charge in [-0.1, -0.05) is 172 Å². The Hall–Kier alpha value is -4.16. The lowest BCUT2D eigenvalue weighted by atomic mass is 9.83. The second kappa shape index (κ2) is 22.9. The highest BCUT2D eigenvalue weighted by Crippen LogP contribution is 2.52. The SMILES string of the molecule is CO[C@H]1O[C@H](CO[Si](c2ccccc2)(c2ccccc2)C(C)(C)C)[C@H]2O[C@@]3(OC)CCCC[C@]3(OC)O[C@@H]2[C@@H]1O[C@@H]1O[C@@H](C)[C@H](OCc2ccccc2)[C@@H](OCc2ccccc2)[C@H]1OCc1ccccc1. The molecular weight excluding hydrogens is 917 g/mol. The van der Waals surface area contributed by atoms with Crippen molar-refractivity contribution in [1.29, 1.82) is 0 Å². The van der Waals surface area contributed by atoms with Crippen molar-refractivity contribution < 1.29 is 56.5 Å². The summed E-state index contributed by atoms with van der Waals surface area (Å²) in [7, 11) is 1.87. The van der Waals surface area contributed by atoms with Gasteiger partial charge in [-0.3, -0.25) is 0 Å². The van der Waals surface area contributed by atoms with Crippen molar-refractivity contribution >= 4 is 18.7 Å². The van der Waals surface area contributed by atoms with Gasteiger partial charge in [0.1, 0.15) is 42.7 Å². The van der Waals surface area contributed by atoms with Gasteiger partial charge in [-0.05, 0) is 51.9 Å². The first-order chi connectivity index (χ1) is 34.5. The predicted molar refractivity (Wildman–Crippen MR) is 271 cm³/mol. The van der Waals surface area contributed by atoms with E-state index in [4.69, 9.17) is 56.5 Å². The van der Waals surface area contributed by atoms with Crippen molar-refractivity contribution in [2.45, 2.75) is 151 Å². The number of methoxy groups -OCH3 is 3. The van der Waals surface area contributed by atoms with Gasteiger partial charge in [-0.15, -0.1) is 0 Å². The summed E-state index contributed by atoms with van der Waals surface area (Å²) in [5.74, 6) is -2.52. The van der Waals surface area contributed by atoms with Crippen LogP contribution < -0.4 is 10.4 Å². The van der Waals surface area contributed by atoms with Gasteiger partial charge in [0.05, 0.1) is 32.5 Å². The van der Waals surface area contributed by atoms with E-state index >= 15 is 0 Å². The number of hydrogen-bond acceptors (Lipinski definition) is 12. The van der Waals surface area contributed by atoms with Crippen LogP contribution in [0.3, 0.4) is 0 Å². The lowest BCUT2D eigenvalue weighted by Gasteiger charge is -2.61. The number of rotatable bonds is 19. The van der Waals surface area contributed by atoms with Crippen molar-refractivity contribution in [3.8, 4) is 0 Å². The Morgan fingerprint density at radius 3 is 1.41 bits per heavy atom.